The van der Waals surface area contributed by atoms with Gasteiger partial charge in [-0.2, -0.15) is 0 Å². The highest BCUT2D eigenvalue weighted by Crippen LogP contribution is 2.13. The van der Waals surface area contributed by atoms with Gasteiger partial charge in [0.2, 0.25) is 0 Å². The van der Waals surface area contributed by atoms with Gasteiger partial charge in [0.05, 0.1) is 0 Å². The summed E-state index contributed by atoms with van der Waals surface area (Å²) in [7, 11) is 0. The van der Waals surface area contributed by atoms with Crippen LogP contribution in [0, 0.1) is 11.6 Å². The molecular weight excluding hydrogens is 232 g/mol. The van der Waals surface area contributed by atoms with Crippen molar-refractivity contribution < 1.29 is 23.1 Å². The van der Waals surface area contributed by atoms with Gasteiger partial charge in [-0.1, -0.05) is 0 Å². The standard InChI is InChI=1S/C11H7F2NO3/c12-7-1-6(2-8(13)4-7)3-10-14-9(5-17-10)11(15)16/h1-2,4-5H,3H2,(H,15,16). The monoisotopic (exact) mass is 239 g/mol. The van der Waals surface area contributed by atoms with E-state index in [9.17, 15) is 13.6 Å². The maximum absolute atomic E-state index is 12.9. The van der Waals surface area contributed by atoms with Crippen molar-refractivity contribution in [1.29, 1.82) is 0 Å². The van der Waals surface area contributed by atoms with E-state index in [1.54, 1.807) is 0 Å². The number of hydrogen-bond acceptors (Lipinski definition) is 3. The minimum Gasteiger partial charge on any atom is -0.476 e. The summed E-state index contributed by atoms with van der Waals surface area (Å²) >= 11 is 0. The van der Waals surface area contributed by atoms with Gasteiger partial charge in [0.15, 0.2) is 11.6 Å². The number of oxazole rings is 1. The van der Waals surface area contributed by atoms with Gasteiger partial charge in [-0.25, -0.2) is 18.6 Å². The zero-order valence-electron chi connectivity index (χ0n) is 8.48. The minimum atomic E-state index is -1.22. The van der Waals surface area contributed by atoms with E-state index >= 15 is 0 Å². The van der Waals surface area contributed by atoms with Gasteiger partial charge in [0.25, 0.3) is 0 Å². The molecule has 0 aliphatic heterocycles. The van der Waals surface area contributed by atoms with E-state index in [2.05, 4.69) is 4.98 Å². The fraction of sp³-hybridized carbons (Fsp3) is 0.0909. The molecule has 1 N–H and O–H groups in total. The van der Waals surface area contributed by atoms with Gasteiger partial charge in [-0.15, -0.1) is 0 Å². The van der Waals surface area contributed by atoms with E-state index in [0.29, 0.717) is 5.56 Å². The number of rotatable bonds is 3. The molecule has 2 rings (SSSR count). The molecule has 0 saturated carbocycles. The molecule has 0 amide bonds. The van der Waals surface area contributed by atoms with Crippen LogP contribution in [0.25, 0.3) is 0 Å². The van der Waals surface area contributed by atoms with Crippen molar-refractivity contribution in [3.05, 3.63) is 53.2 Å². The van der Waals surface area contributed by atoms with Crippen molar-refractivity contribution in [3.63, 3.8) is 0 Å². The molecule has 0 unspecified atom stereocenters. The second-order valence-electron chi connectivity index (χ2n) is 3.39. The van der Waals surface area contributed by atoms with Crippen molar-refractivity contribution in [1.82, 2.24) is 4.98 Å². The van der Waals surface area contributed by atoms with E-state index in [-0.39, 0.29) is 18.0 Å². The number of nitrogens with zero attached hydrogens (tertiary/aromatic N) is 1. The van der Waals surface area contributed by atoms with Crippen LogP contribution in [0.5, 0.6) is 0 Å². The summed E-state index contributed by atoms with van der Waals surface area (Å²) in [6, 6.07) is 3.02. The lowest BCUT2D eigenvalue weighted by atomic mass is 10.1. The quantitative estimate of drug-likeness (QED) is 0.892. The van der Waals surface area contributed by atoms with Crippen molar-refractivity contribution in [3.8, 4) is 0 Å². The van der Waals surface area contributed by atoms with Crippen molar-refractivity contribution in [2.75, 3.05) is 0 Å². The second-order valence-corrected chi connectivity index (χ2v) is 3.39. The zero-order valence-corrected chi connectivity index (χ0v) is 8.48. The smallest absolute Gasteiger partial charge is 0.357 e. The highest BCUT2D eigenvalue weighted by atomic mass is 19.1. The lowest BCUT2D eigenvalue weighted by Crippen LogP contribution is -1.97. The molecule has 0 fully saturated rings. The normalized spacial score (nSPS) is 10.5. The number of carboxylic acid groups (broad SMARTS) is 1. The topological polar surface area (TPSA) is 63.3 Å². The van der Waals surface area contributed by atoms with Crippen LogP contribution in [0.2, 0.25) is 0 Å². The Morgan fingerprint density at radius 1 is 1.29 bits per heavy atom. The maximum atomic E-state index is 12.9. The Hall–Kier alpha value is -2.24. The SMILES string of the molecule is O=C(O)c1coc(Cc2cc(F)cc(F)c2)n1. The van der Waals surface area contributed by atoms with Crippen LogP contribution in [0.3, 0.4) is 0 Å². The minimum absolute atomic E-state index is 0.0297. The van der Waals surface area contributed by atoms with E-state index in [1.165, 1.54) is 0 Å². The molecule has 0 saturated heterocycles. The van der Waals surface area contributed by atoms with E-state index < -0.39 is 17.6 Å². The first kappa shape index (κ1) is 11.3. The molecule has 88 valence electrons. The fourth-order valence-electron chi connectivity index (χ4n) is 1.38. The molecule has 0 atom stereocenters. The van der Waals surface area contributed by atoms with E-state index in [4.69, 9.17) is 9.52 Å². The van der Waals surface area contributed by atoms with E-state index in [1.807, 2.05) is 0 Å². The van der Waals surface area contributed by atoms with Crippen LogP contribution in [0.4, 0.5) is 8.78 Å². The fourth-order valence-corrected chi connectivity index (χ4v) is 1.38. The number of carboxylic acids is 1. The van der Waals surface area contributed by atoms with Crippen molar-refractivity contribution in [2.45, 2.75) is 6.42 Å². The predicted molar refractivity (Wildman–Crippen MR) is 52.6 cm³/mol. The number of aromatic carboxylic acids is 1. The summed E-state index contributed by atoms with van der Waals surface area (Å²) in [5.74, 6) is -2.53. The van der Waals surface area contributed by atoms with Crippen LogP contribution in [-0.4, -0.2) is 16.1 Å². The highest BCUT2D eigenvalue weighted by molar-refractivity contribution is 5.84. The molecule has 1 heterocycles. The Kier molecular flexibility index (Phi) is 2.86. The van der Waals surface area contributed by atoms with Crippen LogP contribution in [0.15, 0.2) is 28.9 Å². The summed E-state index contributed by atoms with van der Waals surface area (Å²) in [6.07, 6.45) is 1.01. The molecule has 0 aliphatic rings. The van der Waals surface area contributed by atoms with Gasteiger partial charge < -0.3 is 9.52 Å². The van der Waals surface area contributed by atoms with Crippen LogP contribution in [-0.2, 0) is 6.42 Å². The van der Waals surface area contributed by atoms with Crippen molar-refractivity contribution >= 4 is 5.97 Å². The Balaban J connectivity index is 2.22. The molecule has 0 aliphatic carbocycles. The largest absolute Gasteiger partial charge is 0.476 e. The molecule has 1 aromatic heterocycles. The average Bonchev–Trinajstić information content (AvgIpc) is 2.64. The van der Waals surface area contributed by atoms with Crippen LogP contribution in [0.1, 0.15) is 21.9 Å². The predicted octanol–water partition coefficient (Wildman–Crippen LogP) is 2.24. The summed E-state index contributed by atoms with van der Waals surface area (Å²) < 4.78 is 30.6. The molecule has 0 radical (unpaired) electrons. The highest BCUT2D eigenvalue weighted by Gasteiger charge is 2.11. The number of benzene rings is 1. The third-order valence-corrected chi connectivity index (χ3v) is 2.05. The molecule has 2 aromatic rings. The Morgan fingerprint density at radius 3 is 2.47 bits per heavy atom. The lowest BCUT2D eigenvalue weighted by Gasteiger charge is -1.98. The summed E-state index contributed by atoms with van der Waals surface area (Å²) in [6.45, 7) is 0. The molecule has 17 heavy (non-hydrogen) atoms. The third kappa shape index (κ3) is 2.66. The molecule has 1 aromatic carbocycles. The number of hydrogen-bond donors (Lipinski definition) is 1. The van der Waals surface area contributed by atoms with Gasteiger partial charge >= 0.3 is 5.97 Å². The van der Waals surface area contributed by atoms with Gasteiger partial charge in [0.1, 0.15) is 17.9 Å². The molecule has 6 heteroatoms. The van der Waals surface area contributed by atoms with Gasteiger partial charge in [0, 0.05) is 12.5 Å². The van der Waals surface area contributed by atoms with Gasteiger partial charge in [-0.3, -0.25) is 0 Å². The zero-order chi connectivity index (χ0) is 12.4. The number of aromatic nitrogens is 1. The first-order valence-corrected chi connectivity index (χ1v) is 4.67. The van der Waals surface area contributed by atoms with Crippen LogP contribution >= 0.6 is 0 Å². The summed E-state index contributed by atoms with van der Waals surface area (Å²) in [5.41, 5.74) is 0.0816. The second kappa shape index (κ2) is 4.32. The van der Waals surface area contributed by atoms with Gasteiger partial charge in [-0.05, 0) is 17.7 Å². The Labute approximate surface area is 94.5 Å². The maximum Gasteiger partial charge on any atom is 0.357 e. The molecular formula is C11H7F2NO3. The lowest BCUT2D eigenvalue weighted by molar-refractivity contribution is 0.0690. The first-order valence-electron chi connectivity index (χ1n) is 4.67. The molecule has 4 nitrogen and oxygen atoms in total. The third-order valence-electron chi connectivity index (χ3n) is 2.05. The summed E-state index contributed by atoms with van der Waals surface area (Å²) in [4.78, 5) is 14.2. The average molecular weight is 239 g/mol. The number of carbonyl (C=O) groups is 1. The Morgan fingerprint density at radius 2 is 1.94 bits per heavy atom. The molecule has 0 bridgehead atoms. The van der Waals surface area contributed by atoms with E-state index in [0.717, 1.165) is 24.5 Å². The number of halogens is 2. The first-order chi connectivity index (χ1) is 8.04. The van der Waals surface area contributed by atoms with Crippen LogP contribution < -0.4 is 0 Å². The molecule has 0 spiro atoms. The Bertz CT molecular complexity index is 545. The summed E-state index contributed by atoms with van der Waals surface area (Å²) in [5, 5.41) is 8.61. The van der Waals surface area contributed by atoms with Crippen molar-refractivity contribution in [2.24, 2.45) is 0 Å².